The van der Waals surface area contributed by atoms with Gasteiger partial charge in [0, 0.05) is 23.4 Å². The Labute approximate surface area is 196 Å². The second-order valence-corrected chi connectivity index (χ2v) is 9.57. The van der Waals surface area contributed by atoms with Gasteiger partial charge in [0.2, 0.25) is 11.7 Å². The zero-order valence-electron chi connectivity index (χ0n) is 19.5. The molecule has 0 spiro atoms. The third-order valence-corrected chi connectivity index (χ3v) is 6.29. The summed E-state index contributed by atoms with van der Waals surface area (Å²) in [5.74, 6) is 0.691. The normalized spacial score (nSPS) is 13.3. The van der Waals surface area contributed by atoms with Crippen molar-refractivity contribution in [2.24, 2.45) is 5.73 Å². The molecule has 1 amide bonds. The SMILES string of the molecule is Cc1cc(-c2nc(-c3cc(C)c(OC[C@@H](O)CC(O)C(N)=O)c(C)c3)no2)sc1CN(C)C. The van der Waals surface area contributed by atoms with E-state index < -0.39 is 18.1 Å². The van der Waals surface area contributed by atoms with E-state index in [1.165, 1.54) is 10.4 Å². The molecule has 1 unspecified atom stereocenters. The molecule has 1 aromatic carbocycles. The molecular weight excluding hydrogens is 444 g/mol. The minimum atomic E-state index is -1.41. The van der Waals surface area contributed by atoms with Crippen LogP contribution in [-0.2, 0) is 11.3 Å². The summed E-state index contributed by atoms with van der Waals surface area (Å²) in [7, 11) is 4.07. The average molecular weight is 475 g/mol. The zero-order chi connectivity index (χ0) is 24.3. The van der Waals surface area contributed by atoms with Crippen molar-refractivity contribution in [1.29, 1.82) is 0 Å². The van der Waals surface area contributed by atoms with Crippen molar-refractivity contribution in [2.45, 2.75) is 45.9 Å². The first-order chi connectivity index (χ1) is 15.5. The van der Waals surface area contributed by atoms with Gasteiger partial charge in [-0.1, -0.05) is 5.16 Å². The van der Waals surface area contributed by atoms with Crippen molar-refractivity contribution in [3.05, 3.63) is 39.8 Å². The van der Waals surface area contributed by atoms with Gasteiger partial charge < -0.3 is 30.1 Å². The fourth-order valence-corrected chi connectivity index (χ4v) is 4.65. The molecule has 4 N–H and O–H groups in total. The molecule has 2 atom stereocenters. The molecule has 0 aliphatic rings. The molecule has 3 rings (SSSR count). The minimum absolute atomic E-state index is 0.0786. The molecular formula is C23H30N4O5S. The van der Waals surface area contributed by atoms with Crippen LogP contribution in [0.25, 0.3) is 22.2 Å². The zero-order valence-corrected chi connectivity index (χ0v) is 20.3. The summed E-state index contributed by atoms with van der Waals surface area (Å²) in [5, 5.41) is 23.6. The summed E-state index contributed by atoms with van der Waals surface area (Å²) >= 11 is 1.64. The van der Waals surface area contributed by atoms with Gasteiger partial charge >= 0.3 is 0 Å². The van der Waals surface area contributed by atoms with E-state index in [1.807, 2.05) is 40.1 Å². The molecule has 0 aliphatic heterocycles. The molecule has 9 nitrogen and oxygen atoms in total. The predicted octanol–water partition coefficient (Wildman–Crippen LogP) is 2.43. The number of nitrogens with zero attached hydrogens (tertiary/aromatic N) is 3. The topological polar surface area (TPSA) is 135 Å². The second kappa shape index (κ2) is 10.4. The lowest BCUT2D eigenvalue weighted by molar-refractivity contribution is -0.127. The van der Waals surface area contributed by atoms with Crippen LogP contribution >= 0.6 is 11.3 Å². The van der Waals surface area contributed by atoms with E-state index in [1.54, 1.807) is 11.3 Å². The number of benzene rings is 1. The molecule has 0 aliphatic carbocycles. The highest BCUT2D eigenvalue weighted by atomic mass is 32.1. The van der Waals surface area contributed by atoms with E-state index >= 15 is 0 Å². The van der Waals surface area contributed by atoms with E-state index in [0.717, 1.165) is 28.1 Å². The van der Waals surface area contributed by atoms with Crippen LogP contribution in [0.2, 0.25) is 0 Å². The maximum Gasteiger partial charge on any atom is 0.268 e. The molecule has 178 valence electrons. The van der Waals surface area contributed by atoms with Crippen molar-refractivity contribution < 1.29 is 24.3 Å². The summed E-state index contributed by atoms with van der Waals surface area (Å²) in [5.41, 5.74) is 8.67. The van der Waals surface area contributed by atoms with Crippen LogP contribution in [0, 0.1) is 20.8 Å². The molecule has 0 saturated carbocycles. The molecule has 33 heavy (non-hydrogen) atoms. The van der Waals surface area contributed by atoms with E-state index in [2.05, 4.69) is 28.0 Å². The first-order valence-corrected chi connectivity index (χ1v) is 11.3. The first kappa shape index (κ1) is 24.8. The maximum atomic E-state index is 10.9. The Balaban J connectivity index is 1.74. The van der Waals surface area contributed by atoms with E-state index in [9.17, 15) is 15.0 Å². The molecule has 2 heterocycles. The van der Waals surface area contributed by atoms with Crippen molar-refractivity contribution in [1.82, 2.24) is 15.0 Å². The van der Waals surface area contributed by atoms with Gasteiger partial charge in [-0.2, -0.15) is 4.98 Å². The largest absolute Gasteiger partial charge is 0.490 e. The van der Waals surface area contributed by atoms with E-state index in [4.69, 9.17) is 15.0 Å². The summed E-state index contributed by atoms with van der Waals surface area (Å²) in [6, 6.07) is 5.84. The lowest BCUT2D eigenvalue weighted by Gasteiger charge is -2.17. The number of aromatic nitrogens is 2. The highest BCUT2D eigenvalue weighted by molar-refractivity contribution is 7.15. The molecule has 0 bridgehead atoms. The Morgan fingerprint density at radius 1 is 1.18 bits per heavy atom. The Morgan fingerprint density at radius 3 is 2.45 bits per heavy atom. The van der Waals surface area contributed by atoms with Gasteiger partial charge in [0.25, 0.3) is 5.89 Å². The lowest BCUT2D eigenvalue weighted by atomic mass is 10.1. The first-order valence-electron chi connectivity index (χ1n) is 10.5. The van der Waals surface area contributed by atoms with Crippen LogP contribution in [0.5, 0.6) is 5.75 Å². The number of hydrogen-bond acceptors (Lipinski definition) is 9. The number of nitrogens with two attached hydrogens (primary N) is 1. The van der Waals surface area contributed by atoms with Gasteiger partial charge in [0.15, 0.2) is 0 Å². The Kier molecular flexibility index (Phi) is 7.85. The van der Waals surface area contributed by atoms with Crippen LogP contribution in [0.3, 0.4) is 0 Å². The molecule has 0 fully saturated rings. The van der Waals surface area contributed by atoms with Gasteiger partial charge in [-0.05, 0) is 69.8 Å². The van der Waals surface area contributed by atoms with Crippen molar-refractivity contribution >= 4 is 17.2 Å². The van der Waals surface area contributed by atoms with Gasteiger partial charge in [-0.15, -0.1) is 11.3 Å². The minimum Gasteiger partial charge on any atom is -0.490 e. The number of hydrogen-bond donors (Lipinski definition) is 3. The Hall–Kier alpha value is -2.79. The fourth-order valence-electron chi connectivity index (χ4n) is 3.44. The van der Waals surface area contributed by atoms with Crippen LogP contribution < -0.4 is 10.5 Å². The third kappa shape index (κ3) is 6.17. The monoisotopic (exact) mass is 474 g/mol. The molecule has 2 aromatic heterocycles. The highest BCUT2D eigenvalue weighted by Crippen LogP contribution is 2.34. The number of aliphatic hydroxyl groups excluding tert-OH is 2. The number of rotatable bonds is 10. The summed E-state index contributed by atoms with van der Waals surface area (Å²) in [4.78, 5) is 19.8. The Morgan fingerprint density at radius 2 is 1.85 bits per heavy atom. The Bertz CT molecular complexity index is 1100. The van der Waals surface area contributed by atoms with E-state index in [0.29, 0.717) is 17.5 Å². The summed E-state index contributed by atoms with van der Waals surface area (Å²) < 4.78 is 11.3. The number of amides is 1. The van der Waals surface area contributed by atoms with Gasteiger partial charge in [-0.3, -0.25) is 4.79 Å². The van der Waals surface area contributed by atoms with Crippen molar-refractivity contribution in [3.8, 4) is 27.9 Å². The molecule has 0 saturated heterocycles. The van der Waals surface area contributed by atoms with Crippen molar-refractivity contribution in [3.63, 3.8) is 0 Å². The lowest BCUT2D eigenvalue weighted by Crippen LogP contribution is -2.33. The number of carbonyl (C=O) groups excluding carboxylic acids is 1. The van der Waals surface area contributed by atoms with Crippen molar-refractivity contribution in [2.75, 3.05) is 20.7 Å². The average Bonchev–Trinajstić information content (AvgIpc) is 3.34. The number of primary amides is 1. The maximum absolute atomic E-state index is 10.9. The number of ether oxygens (including phenoxy) is 1. The van der Waals surface area contributed by atoms with E-state index in [-0.39, 0.29) is 13.0 Å². The quantitative estimate of drug-likeness (QED) is 0.408. The molecule has 10 heteroatoms. The number of aryl methyl sites for hydroxylation is 3. The van der Waals surface area contributed by atoms with Crippen LogP contribution in [0.1, 0.15) is 28.0 Å². The molecule has 0 radical (unpaired) electrons. The summed E-state index contributed by atoms with van der Waals surface area (Å²) in [6.07, 6.45) is -2.63. The number of carbonyl (C=O) groups is 1. The van der Waals surface area contributed by atoms with Crippen LogP contribution in [0.4, 0.5) is 0 Å². The standard InChI is InChI=1S/C23H30N4O5S/c1-12-8-18(33-19(12)10-27(4)5)23-25-22(26-32-23)15-6-13(2)20(14(3)7-15)31-11-16(28)9-17(29)21(24)30/h6-8,16-17,28-29H,9-11H2,1-5H3,(H2,24,30)/t16-,17?/m0/s1. The van der Waals surface area contributed by atoms with Gasteiger partial charge in [0.05, 0.1) is 11.0 Å². The fraction of sp³-hybridized carbons (Fsp3) is 0.435. The smallest absolute Gasteiger partial charge is 0.268 e. The van der Waals surface area contributed by atoms with Gasteiger partial charge in [-0.25, -0.2) is 0 Å². The molecule has 3 aromatic rings. The van der Waals surface area contributed by atoms with Gasteiger partial charge in [0.1, 0.15) is 18.5 Å². The van der Waals surface area contributed by atoms with Crippen LogP contribution in [0.15, 0.2) is 22.7 Å². The number of thiophene rings is 1. The highest BCUT2D eigenvalue weighted by Gasteiger charge is 2.19. The third-order valence-electron chi connectivity index (χ3n) is 5.08. The summed E-state index contributed by atoms with van der Waals surface area (Å²) in [6.45, 7) is 6.62. The number of aliphatic hydroxyl groups is 2. The predicted molar refractivity (Wildman–Crippen MR) is 126 cm³/mol. The second-order valence-electron chi connectivity index (χ2n) is 8.44. The van der Waals surface area contributed by atoms with Crippen LogP contribution in [-0.4, -0.2) is 64.1 Å².